The Labute approximate surface area is 188 Å². The van der Waals surface area contributed by atoms with E-state index in [1.807, 2.05) is 12.1 Å². The quantitative estimate of drug-likeness (QED) is 0.512. The van der Waals surface area contributed by atoms with Crippen LogP contribution in [0.2, 0.25) is 0 Å². The van der Waals surface area contributed by atoms with Gasteiger partial charge in [-0.1, -0.05) is 97.1 Å². The molecule has 3 aliphatic heterocycles. The van der Waals surface area contributed by atoms with Crippen LogP contribution in [0, 0.1) is 0 Å². The summed E-state index contributed by atoms with van der Waals surface area (Å²) in [6, 6.07) is 31.4. The van der Waals surface area contributed by atoms with Gasteiger partial charge in [-0.3, -0.25) is 4.99 Å². The largest absolute Gasteiger partial charge is 0.333 e. The van der Waals surface area contributed by atoms with E-state index in [1.54, 1.807) is 0 Å². The molecule has 156 valence electrons. The van der Waals surface area contributed by atoms with Crippen LogP contribution in [0.25, 0.3) is 5.57 Å². The molecular weight excluding hydrogens is 392 g/mol. The van der Waals surface area contributed by atoms with Crippen LogP contribution >= 0.6 is 0 Å². The monoisotopic (exact) mass is 416 g/mol. The van der Waals surface area contributed by atoms with Crippen molar-refractivity contribution in [3.05, 3.63) is 138 Å². The molecule has 3 unspecified atom stereocenters. The molecule has 0 saturated heterocycles. The topological polar surface area (TPSA) is 24.8 Å². The summed E-state index contributed by atoms with van der Waals surface area (Å²) >= 11 is 0. The molecule has 1 spiro atoms. The maximum Gasteiger partial charge on any atom is 0.214 e. The third kappa shape index (κ3) is 2.82. The van der Waals surface area contributed by atoms with Crippen molar-refractivity contribution in [3.63, 3.8) is 0 Å². The maximum absolute atomic E-state index is 7.07. The van der Waals surface area contributed by atoms with E-state index >= 15 is 0 Å². The highest BCUT2D eigenvalue weighted by molar-refractivity contribution is 6.16. The highest BCUT2D eigenvalue weighted by Crippen LogP contribution is 2.52. The fraction of sp³-hybridized carbons (Fsp3) is 0.138. The predicted molar refractivity (Wildman–Crippen MR) is 129 cm³/mol. The van der Waals surface area contributed by atoms with Crippen LogP contribution in [0.1, 0.15) is 29.7 Å². The van der Waals surface area contributed by atoms with Gasteiger partial charge in [0.1, 0.15) is 18.0 Å². The van der Waals surface area contributed by atoms with Gasteiger partial charge in [0.2, 0.25) is 5.72 Å². The zero-order valence-electron chi connectivity index (χ0n) is 17.9. The van der Waals surface area contributed by atoms with Crippen molar-refractivity contribution in [1.29, 1.82) is 0 Å². The molecule has 3 heterocycles. The summed E-state index contributed by atoms with van der Waals surface area (Å²) in [5.74, 6) is 0. The van der Waals surface area contributed by atoms with Gasteiger partial charge in [-0.15, -0.1) is 0 Å². The van der Waals surface area contributed by atoms with Crippen LogP contribution in [0.3, 0.4) is 0 Å². The summed E-state index contributed by atoms with van der Waals surface area (Å²) < 4.78 is 7.07. The van der Waals surface area contributed by atoms with Crippen molar-refractivity contribution in [2.24, 2.45) is 4.99 Å². The Balaban J connectivity index is 1.59. The normalized spacial score (nSPS) is 26.0. The molecule has 0 fully saturated rings. The number of aliphatic imine (C=N–C) groups is 1. The highest BCUT2D eigenvalue weighted by atomic mass is 16.5. The van der Waals surface area contributed by atoms with Gasteiger partial charge in [0.05, 0.1) is 0 Å². The second-order valence-corrected chi connectivity index (χ2v) is 8.42. The lowest BCUT2D eigenvalue weighted by Crippen LogP contribution is -2.52. The van der Waals surface area contributed by atoms with Crippen LogP contribution in [-0.2, 0) is 4.74 Å². The number of fused-ring (bicyclic) bond motifs is 2. The third-order valence-electron chi connectivity index (χ3n) is 6.45. The first-order valence-electron chi connectivity index (χ1n) is 11.0. The Hall–Kier alpha value is -3.69. The Morgan fingerprint density at radius 3 is 2.12 bits per heavy atom. The molecule has 0 saturated carbocycles. The Bertz CT molecular complexity index is 1260. The van der Waals surface area contributed by atoms with Crippen LogP contribution in [0.4, 0.5) is 0 Å². The van der Waals surface area contributed by atoms with E-state index in [2.05, 4.69) is 115 Å². The van der Waals surface area contributed by atoms with Gasteiger partial charge in [-0.2, -0.15) is 0 Å². The molecular formula is C29H24N2O. The van der Waals surface area contributed by atoms with Gasteiger partial charge in [0.15, 0.2) is 0 Å². The average Bonchev–Trinajstić information content (AvgIpc) is 3.42. The van der Waals surface area contributed by atoms with Gasteiger partial charge in [0, 0.05) is 17.3 Å². The molecule has 3 aromatic rings. The first-order valence-corrected chi connectivity index (χ1v) is 11.0. The number of hydrogen-bond donors (Lipinski definition) is 0. The Morgan fingerprint density at radius 1 is 0.812 bits per heavy atom. The van der Waals surface area contributed by atoms with Crippen LogP contribution < -0.4 is 0 Å². The summed E-state index contributed by atoms with van der Waals surface area (Å²) in [6.45, 7) is 2.14. The third-order valence-corrected chi connectivity index (χ3v) is 6.45. The summed E-state index contributed by atoms with van der Waals surface area (Å²) in [5.41, 5.74) is 5.86. The zero-order valence-corrected chi connectivity index (χ0v) is 17.9. The number of benzene rings is 3. The van der Waals surface area contributed by atoms with E-state index in [9.17, 15) is 0 Å². The summed E-state index contributed by atoms with van der Waals surface area (Å²) in [6.07, 6.45) is 8.38. The lowest BCUT2D eigenvalue weighted by Gasteiger charge is -2.41. The van der Waals surface area contributed by atoms with E-state index < -0.39 is 5.72 Å². The smallest absolute Gasteiger partial charge is 0.214 e. The molecule has 3 atom stereocenters. The van der Waals surface area contributed by atoms with Crippen LogP contribution in [0.15, 0.2) is 126 Å². The number of hydrogen-bond acceptors (Lipinski definition) is 3. The fourth-order valence-corrected chi connectivity index (χ4v) is 4.96. The van der Waals surface area contributed by atoms with Crippen LogP contribution in [-0.4, -0.2) is 22.5 Å². The SMILES string of the molecule is CC1=CC=CN2C1N=C(c1ccccc1)C21OC(c2ccccc2)C=C1c1ccccc1. The van der Waals surface area contributed by atoms with Crippen molar-refractivity contribution < 1.29 is 4.74 Å². The average molecular weight is 417 g/mol. The second kappa shape index (κ2) is 7.47. The molecule has 0 amide bonds. The molecule has 6 rings (SSSR count). The summed E-state index contributed by atoms with van der Waals surface area (Å²) in [7, 11) is 0. The first-order chi connectivity index (χ1) is 15.8. The van der Waals surface area contributed by atoms with Gasteiger partial charge >= 0.3 is 0 Å². The number of allylic oxidation sites excluding steroid dienone is 2. The van der Waals surface area contributed by atoms with E-state index in [-0.39, 0.29) is 12.3 Å². The van der Waals surface area contributed by atoms with E-state index in [0.29, 0.717) is 0 Å². The molecule has 0 radical (unpaired) electrons. The Kier molecular flexibility index (Phi) is 4.44. The molecule has 3 nitrogen and oxygen atoms in total. The highest BCUT2D eigenvalue weighted by Gasteiger charge is 2.57. The lowest BCUT2D eigenvalue weighted by atomic mass is 9.87. The molecule has 3 aliphatic rings. The summed E-state index contributed by atoms with van der Waals surface area (Å²) in [4.78, 5) is 7.54. The van der Waals surface area contributed by atoms with E-state index in [4.69, 9.17) is 9.73 Å². The van der Waals surface area contributed by atoms with Crippen molar-refractivity contribution in [1.82, 2.24) is 4.90 Å². The van der Waals surface area contributed by atoms with Crippen molar-refractivity contribution >= 4 is 11.3 Å². The van der Waals surface area contributed by atoms with Crippen molar-refractivity contribution in [2.75, 3.05) is 0 Å². The molecule has 0 aliphatic carbocycles. The first kappa shape index (κ1) is 19.0. The standard InChI is InChI=1S/C29H24N2O/c1-21-12-11-19-31-28(21)30-27(24-17-9-4-10-18-24)29(31)25(22-13-5-2-6-14-22)20-26(32-29)23-15-7-3-8-16-23/h2-20,26,28H,1H3. The van der Waals surface area contributed by atoms with Gasteiger partial charge in [0.25, 0.3) is 0 Å². The molecule has 0 bridgehead atoms. The fourth-order valence-electron chi connectivity index (χ4n) is 4.96. The molecule has 0 N–H and O–H groups in total. The second-order valence-electron chi connectivity index (χ2n) is 8.42. The van der Waals surface area contributed by atoms with E-state index in [1.165, 1.54) is 5.57 Å². The number of ether oxygens (including phenoxy) is 1. The van der Waals surface area contributed by atoms with Crippen LogP contribution in [0.5, 0.6) is 0 Å². The lowest BCUT2D eigenvalue weighted by molar-refractivity contribution is -0.0563. The minimum atomic E-state index is -0.806. The molecule has 0 aromatic heterocycles. The maximum atomic E-state index is 7.07. The number of nitrogens with zero attached hydrogens (tertiary/aromatic N) is 2. The Morgan fingerprint density at radius 2 is 1.44 bits per heavy atom. The van der Waals surface area contributed by atoms with Crippen molar-refractivity contribution in [2.45, 2.75) is 24.9 Å². The van der Waals surface area contributed by atoms with Gasteiger partial charge in [-0.05, 0) is 35.8 Å². The number of rotatable bonds is 3. The minimum Gasteiger partial charge on any atom is -0.333 e. The minimum absolute atomic E-state index is 0.0863. The molecule has 32 heavy (non-hydrogen) atoms. The zero-order chi connectivity index (χ0) is 21.5. The summed E-state index contributed by atoms with van der Waals surface area (Å²) in [5, 5.41) is 0. The van der Waals surface area contributed by atoms with Crippen molar-refractivity contribution in [3.8, 4) is 0 Å². The molecule has 3 aromatic carbocycles. The van der Waals surface area contributed by atoms with E-state index in [0.717, 1.165) is 28.0 Å². The van der Waals surface area contributed by atoms with Gasteiger partial charge < -0.3 is 9.64 Å². The predicted octanol–water partition coefficient (Wildman–Crippen LogP) is 6.14. The molecule has 3 heteroatoms. The van der Waals surface area contributed by atoms with Gasteiger partial charge in [-0.25, -0.2) is 0 Å².